The molecule has 0 aliphatic heterocycles. The van der Waals surface area contributed by atoms with E-state index in [1.165, 1.54) is 0 Å². The number of primary sulfonamides is 1. The molecule has 7 heteroatoms. The van der Waals surface area contributed by atoms with Gasteiger partial charge in [0.2, 0.25) is 10.0 Å². The molecule has 1 aromatic rings. The number of halogens is 2. The fraction of sp³-hybridized carbons (Fsp3) is 0.455. The number of rotatable bonds is 5. The lowest BCUT2D eigenvalue weighted by atomic mass is 9.98. The van der Waals surface area contributed by atoms with Crippen molar-refractivity contribution in [1.82, 2.24) is 0 Å². The zero-order valence-electron chi connectivity index (χ0n) is 10.1. The Morgan fingerprint density at radius 2 is 1.94 bits per heavy atom. The van der Waals surface area contributed by atoms with Crippen molar-refractivity contribution in [2.75, 3.05) is 12.4 Å². The summed E-state index contributed by atoms with van der Waals surface area (Å²) in [5.41, 5.74) is -0.612. The van der Waals surface area contributed by atoms with Crippen molar-refractivity contribution in [1.29, 1.82) is 0 Å². The van der Waals surface area contributed by atoms with Crippen LogP contribution in [0.4, 0.5) is 0 Å². The SMILES string of the molecule is CC(C)(COc1cc(Cl)ccc1Cl)CS(N)(=O)=O. The van der Waals surface area contributed by atoms with Gasteiger partial charge in [0.15, 0.2) is 0 Å². The van der Waals surface area contributed by atoms with Gasteiger partial charge in [0, 0.05) is 16.5 Å². The Balaban J connectivity index is 2.72. The highest BCUT2D eigenvalue weighted by Gasteiger charge is 2.25. The molecule has 0 radical (unpaired) electrons. The molecule has 0 saturated carbocycles. The van der Waals surface area contributed by atoms with Crippen LogP contribution in [0.25, 0.3) is 0 Å². The fourth-order valence-corrected chi connectivity index (χ4v) is 2.95. The maximum Gasteiger partial charge on any atom is 0.209 e. The highest BCUT2D eigenvalue weighted by molar-refractivity contribution is 7.89. The average molecular weight is 312 g/mol. The van der Waals surface area contributed by atoms with Crippen molar-refractivity contribution in [2.24, 2.45) is 10.6 Å². The lowest BCUT2D eigenvalue weighted by Crippen LogP contribution is -2.33. The van der Waals surface area contributed by atoms with Gasteiger partial charge in [-0.2, -0.15) is 0 Å². The van der Waals surface area contributed by atoms with Gasteiger partial charge in [-0.25, -0.2) is 13.6 Å². The van der Waals surface area contributed by atoms with Gasteiger partial charge in [-0.05, 0) is 12.1 Å². The quantitative estimate of drug-likeness (QED) is 0.909. The van der Waals surface area contributed by atoms with Gasteiger partial charge in [-0.15, -0.1) is 0 Å². The third-order valence-electron chi connectivity index (χ3n) is 2.10. The first-order valence-corrected chi connectivity index (χ1v) is 7.64. The lowest BCUT2D eigenvalue weighted by molar-refractivity contribution is 0.200. The Kier molecular flexibility index (Phi) is 4.89. The number of ether oxygens (including phenoxy) is 1. The Bertz CT molecular complexity index is 529. The summed E-state index contributed by atoms with van der Waals surface area (Å²) in [6.07, 6.45) is 0. The Morgan fingerprint density at radius 3 is 2.50 bits per heavy atom. The predicted octanol–water partition coefficient (Wildman–Crippen LogP) is 2.69. The molecule has 0 aliphatic carbocycles. The molecule has 0 amide bonds. The van der Waals surface area contributed by atoms with Crippen molar-refractivity contribution >= 4 is 33.2 Å². The first-order valence-electron chi connectivity index (χ1n) is 5.17. The molecule has 102 valence electrons. The minimum absolute atomic E-state index is 0.168. The third kappa shape index (κ3) is 5.44. The van der Waals surface area contributed by atoms with E-state index < -0.39 is 15.4 Å². The Hall–Kier alpha value is -0.490. The molecule has 0 aliphatic rings. The summed E-state index contributed by atoms with van der Waals surface area (Å²) < 4.78 is 27.6. The molecule has 1 aromatic carbocycles. The smallest absolute Gasteiger partial charge is 0.209 e. The normalized spacial score (nSPS) is 12.5. The summed E-state index contributed by atoms with van der Waals surface area (Å²) >= 11 is 11.8. The van der Waals surface area contributed by atoms with Crippen molar-refractivity contribution in [2.45, 2.75) is 13.8 Å². The van der Waals surface area contributed by atoms with Crippen LogP contribution in [0.15, 0.2) is 18.2 Å². The first kappa shape index (κ1) is 15.6. The number of benzene rings is 1. The van der Waals surface area contributed by atoms with Crippen LogP contribution in [0, 0.1) is 5.41 Å². The first-order chi connectivity index (χ1) is 8.09. The molecule has 2 N–H and O–H groups in total. The Morgan fingerprint density at radius 1 is 1.33 bits per heavy atom. The molecule has 0 saturated heterocycles. The van der Waals surface area contributed by atoms with Crippen LogP contribution in [0.5, 0.6) is 5.75 Å². The van der Waals surface area contributed by atoms with Crippen LogP contribution in [-0.2, 0) is 10.0 Å². The second kappa shape index (κ2) is 5.65. The number of hydrogen-bond donors (Lipinski definition) is 1. The van der Waals surface area contributed by atoms with Gasteiger partial charge in [0.1, 0.15) is 5.75 Å². The van der Waals surface area contributed by atoms with Crippen molar-refractivity contribution < 1.29 is 13.2 Å². The van der Waals surface area contributed by atoms with E-state index >= 15 is 0 Å². The van der Waals surface area contributed by atoms with Gasteiger partial charge < -0.3 is 4.74 Å². The molecular formula is C11H15Cl2NO3S. The van der Waals surface area contributed by atoms with E-state index in [4.69, 9.17) is 33.1 Å². The molecule has 0 unspecified atom stereocenters. The summed E-state index contributed by atoms with van der Waals surface area (Å²) in [4.78, 5) is 0. The standard InChI is InChI=1S/C11H15Cl2NO3S/c1-11(2,7-18(14,15)16)6-17-10-5-8(12)3-4-9(10)13/h3-5H,6-7H2,1-2H3,(H2,14,15,16). The van der Waals surface area contributed by atoms with Gasteiger partial charge in [0.25, 0.3) is 0 Å². The van der Waals surface area contributed by atoms with E-state index in [9.17, 15) is 8.42 Å². The largest absolute Gasteiger partial charge is 0.491 e. The molecule has 1 rings (SSSR count). The van der Waals surface area contributed by atoms with Crippen molar-refractivity contribution in [3.8, 4) is 5.75 Å². The topological polar surface area (TPSA) is 69.4 Å². The van der Waals surface area contributed by atoms with Gasteiger partial charge >= 0.3 is 0 Å². The molecule has 18 heavy (non-hydrogen) atoms. The van der Waals surface area contributed by atoms with Crippen LogP contribution in [0.2, 0.25) is 10.0 Å². The monoisotopic (exact) mass is 311 g/mol. The number of nitrogens with two attached hydrogens (primary N) is 1. The van der Waals surface area contributed by atoms with E-state index in [1.807, 2.05) is 0 Å². The zero-order chi connectivity index (χ0) is 14.0. The highest BCUT2D eigenvalue weighted by atomic mass is 35.5. The molecule has 0 aromatic heterocycles. The van der Waals surface area contributed by atoms with Crippen LogP contribution in [0.3, 0.4) is 0 Å². The Labute approximate surface area is 117 Å². The summed E-state index contributed by atoms with van der Waals surface area (Å²) in [7, 11) is -3.54. The lowest BCUT2D eigenvalue weighted by Gasteiger charge is -2.23. The van der Waals surface area contributed by atoms with Crippen LogP contribution in [0.1, 0.15) is 13.8 Å². The van der Waals surface area contributed by atoms with Crippen LogP contribution >= 0.6 is 23.2 Å². The molecule has 0 bridgehead atoms. The van der Waals surface area contributed by atoms with Gasteiger partial charge in [-0.1, -0.05) is 37.0 Å². The van der Waals surface area contributed by atoms with Crippen LogP contribution < -0.4 is 9.88 Å². The molecule has 0 spiro atoms. The van der Waals surface area contributed by atoms with Crippen LogP contribution in [-0.4, -0.2) is 20.8 Å². The fourth-order valence-electron chi connectivity index (χ4n) is 1.45. The summed E-state index contributed by atoms with van der Waals surface area (Å²) in [5, 5.41) is 5.93. The summed E-state index contributed by atoms with van der Waals surface area (Å²) in [6, 6.07) is 4.84. The molecule has 4 nitrogen and oxygen atoms in total. The van der Waals surface area contributed by atoms with Crippen molar-refractivity contribution in [3.05, 3.63) is 28.2 Å². The van der Waals surface area contributed by atoms with E-state index in [-0.39, 0.29) is 12.4 Å². The van der Waals surface area contributed by atoms with Crippen molar-refractivity contribution in [3.63, 3.8) is 0 Å². The summed E-state index contributed by atoms with van der Waals surface area (Å²) in [5.74, 6) is 0.254. The van der Waals surface area contributed by atoms with E-state index in [0.29, 0.717) is 15.8 Å². The molecule has 0 fully saturated rings. The predicted molar refractivity (Wildman–Crippen MR) is 73.7 cm³/mol. The molecule has 0 heterocycles. The van der Waals surface area contributed by atoms with Gasteiger partial charge in [0.05, 0.1) is 17.4 Å². The van der Waals surface area contributed by atoms with E-state index in [1.54, 1.807) is 32.0 Å². The third-order valence-corrected chi connectivity index (χ3v) is 3.83. The minimum atomic E-state index is -3.54. The number of hydrogen-bond acceptors (Lipinski definition) is 3. The van der Waals surface area contributed by atoms with E-state index in [0.717, 1.165) is 0 Å². The minimum Gasteiger partial charge on any atom is -0.491 e. The second-order valence-corrected chi connectivity index (χ2v) is 7.29. The second-order valence-electron chi connectivity index (χ2n) is 4.83. The molecule has 0 atom stereocenters. The van der Waals surface area contributed by atoms with Gasteiger partial charge in [-0.3, -0.25) is 0 Å². The summed E-state index contributed by atoms with van der Waals surface area (Å²) in [6.45, 7) is 3.66. The highest BCUT2D eigenvalue weighted by Crippen LogP contribution is 2.29. The maximum absolute atomic E-state index is 11.1. The zero-order valence-corrected chi connectivity index (χ0v) is 12.4. The number of sulfonamides is 1. The molecular weight excluding hydrogens is 297 g/mol. The van der Waals surface area contributed by atoms with E-state index in [2.05, 4.69) is 0 Å². The maximum atomic E-state index is 11.1. The average Bonchev–Trinajstić information content (AvgIpc) is 2.16.